The molecule has 0 atom stereocenters. The zero-order valence-electron chi connectivity index (χ0n) is 10.8. The summed E-state index contributed by atoms with van der Waals surface area (Å²) in [5.74, 6) is 1.52. The second kappa shape index (κ2) is 5.36. The van der Waals surface area contributed by atoms with Crippen molar-refractivity contribution in [3.8, 4) is 0 Å². The van der Waals surface area contributed by atoms with Crippen LogP contribution < -0.4 is 4.90 Å². The number of rotatable bonds is 3. The molecule has 0 bridgehead atoms. The quantitative estimate of drug-likeness (QED) is 0.785. The predicted molar refractivity (Wildman–Crippen MR) is 75.6 cm³/mol. The molecule has 0 aliphatic heterocycles. The van der Waals surface area contributed by atoms with Crippen molar-refractivity contribution in [2.45, 2.75) is 20.8 Å². The van der Waals surface area contributed by atoms with E-state index in [-0.39, 0.29) is 0 Å². The van der Waals surface area contributed by atoms with Gasteiger partial charge in [0, 0.05) is 18.3 Å². The number of nitrogens with zero attached hydrogens (tertiary/aromatic N) is 3. The minimum Gasteiger partial charge on any atom is -0.326 e. The average molecular weight is 262 g/mol. The van der Waals surface area contributed by atoms with Gasteiger partial charge in [-0.05, 0) is 32.4 Å². The summed E-state index contributed by atoms with van der Waals surface area (Å²) in [7, 11) is 0. The van der Waals surface area contributed by atoms with E-state index < -0.39 is 0 Å². The molecular weight excluding hydrogens is 246 g/mol. The number of hydrogen-bond donors (Lipinski definition) is 0. The highest BCUT2D eigenvalue weighted by atomic mass is 35.5. The van der Waals surface area contributed by atoms with E-state index >= 15 is 0 Å². The summed E-state index contributed by atoms with van der Waals surface area (Å²) in [5, 5.41) is 0.476. The van der Waals surface area contributed by atoms with Crippen LogP contribution in [0.25, 0.3) is 0 Å². The van der Waals surface area contributed by atoms with Crippen molar-refractivity contribution in [2.24, 2.45) is 0 Å². The molecule has 0 saturated carbocycles. The smallest absolute Gasteiger partial charge is 0.138 e. The van der Waals surface area contributed by atoms with Crippen LogP contribution >= 0.6 is 11.6 Å². The molecule has 1 aromatic carbocycles. The van der Waals surface area contributed by atoms with Crippen LogP contribution in [-0.2, 0) is 0 Å². The van der Waals surface area contributed by atoms with Crippen molar-refractivity contribution in [1.29, 1.82) is 0 Å². The molecule has 0 fully saturated rings. The fraction of sp³-hybridized carbons (Fsp3) is 0.286. The van der Waals surface area contributed by atoms with E-state index in [9.17, 15) is 0 Å². The van der Waals surface area contributed by atoms with Gasteiger partial charge in [0.1, 0.15) is 16.8 Å². The lowest BCUT2D eigenvalue weighted by atomic mass is 10.2. The second-order valence-corrected chi connectivity index (χ2v) is 4.51. The molecule has 0 radical (unpaired) electrons. The summed E-state index contributed by atoms with van der Waals surface area (Å²) in [5.41, 5.74) is 2.36. The number of para-hydroxylation sites is 1. The van der Waals surface area contributed by atoms with E-state index in [1.807, 2.05) is 19.1 Å². The molecule has 0 amide bonds. The van der Waals surface area contributed by atoms with Crippen molar-refractivity contribution in [1.82, 2.24) is 9.97 Å². The molecule has 18 heavy (non-hydrogen) atoms. The maximum atomic E-state index is 6.00. The van der Waals surface area contributed by atoms with Crippen LogP contribution in [0.15, 0.2) is 30.3 Å². The highest BCUT2D eigenvalue weighted by Gasteiger charge is 2.12. The summed E-state index contributed by atoms with van der Waals surface area (Å²) < 4.78 is 0. The van der Waals surface area contributed by atoms with Gasteiger partial charge >= 0.3 is 0 Å². The average Bonchev–Trinajstić information content (AvgIpc) is 2.31. The van der Waals surface area contributed by atoms with Crippen LogP contribution in [0.3, 0.4) is 0 Å². The number of hydrogen-bond acceptors (Lipinski definition) is 3. The highest BCUT2D eigenvalue weighted by molar-refractivity contribution is 6.29. The van der Waals surface area contributed by atoms with Crippen LogP contribution in [0.4, 0.5) is 11.5 Å². The van der Waals surface area contributed by atoms with Crippen LogP contribution in [0.1, 0.15) is 18.3 Å². The molecule has 1 heterocycles. The van der Waals surface area contributed by atoms with E-state index in [4.69, 9.17) is 11.6 Å². The van der Waals surface area contributed by atoms with E-state index in [0.717, 1.165) is 18.1 Å². The second-order valence-electron chi connectivity index (χ2n) is 4.13. The maximum absolute atomic E-state index is 6.00. The minimum atomic E-state index is 0.476. The standard InChI is InChI=1S/C14H16ClN3/c1-4-18(12-8-6-5-7-10(12)2)14-9-13(15)16-11(3)17-14/h5-9H,4H2,1-3H3. The molecule has 94 valence electrons. The largest absolute Gasteiger partial charge is 0.326 e. The third-order valence-corrected chi connectivity index (χ3v) is 2.99. The number of benzene rings is 1. The number of halogens is 1. The van der Waals surface area contributed by atoms with Crippen LogP contribution in [0.5, 0.6) is 0 Å². The van der Waals surface area contributed by atoms with Gasteiger partial charge in [-0.1, -0.05) is 29.8 Å². The molecule has 0 N–H and O–H groups in total. The van der Waals surface area contributed by atoms with Gasteiger partial charge in [0.2, 0.25) is 0 Å². The summed E-state index contributed by atoms with van der Waals surface area (Å²) in [6, 6.07) is 10.0. The number of aryl methyl sites for hydroxylation is 2. The first-order valence-corrected chi connectivity index (χ1v) is 6.34. The molecule has 0 aliphatic carbocycles. The first-order valence-electron chi connectivity index (χ1n) is 5.96. The van der Waals surface area contributed by atoms with E-state index in [2.05, 4.69) is 40.8 Å². The van der Waals surface area contributed by atoms with Gasteiger partial charge in [-0.3, -0.25) is 0 Å². The summed E-state index contributed by atoms with van der Waals surface area (Å²) in [6.07, 6.45) is 0. The Labute approximate surface area is 112 Å². The Kier molecular flexibility index (Phi) is 3.82. The lowest BCUT2D eigenvalue weighted by molar-refractivity contribution is 0.947. The molecule has 0 aliphatic rings. The first-order chi connectivity index (χ1) is 8.61. The molecule has 0 saturated heterocycles. The normalized spacial score (nSPS) is 10.4. The third-order valence-electron chi connectivity index (χ3n) is 2.79. The zero-order chi connectivity index (χ0) is 13.1. The SMILES string of the molecule is CCN(c1cc(Cl)nc(C)n1)c1ccccc1C. The van der Waals surface area contributed by atoms with Crippen molar-refractivity contribution in [3.05, 3.63) is 46.9 Å². The Morgan fingerprint density at radius 2 is 1.89 bits per heavy atom. The fourth-order valence-corrected chi connectivity index (χ4v) is 2.20. The molecule has 3 nitrogen and oxygen atoms in total. The molecule has 1 aromatic heterocycles. The lowest BCUT2D eigenvalue weighted by Crippen LogP contribution is -2.19. The zero-order valence-corrected chi connectivity index (χ0v) is 11.6. The Balaban J connectivity index is 2.48. The molecule has 4 heteroatoms. The Bertz CT molecular complexity index is 534. The van der Waals surface area contributed by atoms with Crippen LogP contribution in [0.2, 0.25) is 5.15 Å². The maximum Gasteiger partial charge on any atom is 0.138 e. The van der Waals surface area contributed by atoms with E-state index in [1.165, 1.54) is 5.56 Å². The first kappa shape index (κ1) is 12.8. The third kappa shape index (κ3) is 2.62. The minimum absolute atomic E-state index is 0.476. The predicted octanol–water partition coefficient (Wildman–Crippen LogP) is 3.90. The van der Waals surface area contributed by atoms with Gasteiger partial charge in [0.25, 0.3) is 0 Å². The van der Waals surface area contributed by atoms with Gasteiger partial charge < -0.3 is 4.90 Å². The molecule has 2 rings (SSSR count). The van der Waals surface area contributed by atoms with E-state index in [1.54, 1.807) is 6.07 Å². The summed E-state index contributed by atoms with van der Waals surface area (Å²) >= 11 is 6.00. The monoisotopic (exact) mass is 261 g/mol. The van der Waals surface area contributed by atoms with Gasteiger partial charge in [0.05, 0.1) is 0 Å². The van der Waals surface area contributed by atoms with Gasteiger partial charge in [-0.2, -0.15) is 0 Å². The molecule has 2 aromatic rings. The topological polar surface area (TPSA) is 29.0 Å². The van der Waals surface area contributed by atoms with Gasteiger partial charge in [0.15, 0.2) is 0 Å². The van der Waals surface area contributed by atoms with Gasteiger partial charge in [-0.15, -0.1) is 0 Å². The Morgan fingerprint density at radius 3 is 2.50 bits per heavy atom. The van der Waals surface area contributed by atoms with Crippen LogP contribution in [-0.4, -0.2) is 16.5 Å². The number of aromatic nitrogens is 2. The highest BCUT2D eigenvalue weighted by Crippen LogP contribution is 2.27. The van der Waals surface area contributed by atoms with Crippen molar-refractivity contribution >= 4 is 23.1 Å². The molecule has 0 spiro atoms. The molecule has 0 unspecified atom stereocenters. The fourth-order valence-electron chi connectivity index (χ4n) is 1.98. The molecular formula is C14H16ClN3. The van der Waals surface area contributed by atoms with E-state index in [0.29, 0.717) is 11.0 Å². The van der Waals surface area contributed by atoms with Crippen LogP contribution in [0, 0.1) is 13.8 Å². The van der Waals surface area contributed by atoms with Crippen molar-refractivity contribution in [3.63, 3.8) is 0 Å². The lowest BCUT2D eigenvalue weighted by Gasteiger charge is -2.24. The Hall–Kier alpha value is -1.61. The summed E-state index contributed by atoms with van der Waals surface area (Å²) in [6.45, 7) is 6.87. The number of anilines is 2. The van der Waals surface area contributed by atoms with Crippen molar-refractivity contribution < 1.29 is 0 Å². The van der Waals surface area contributed by atoms with Gasteiger partial charge in [-0.25, -0.2) is 9.97 Å². The van der Waals surface area contributed by atoms with Crippen molar-refractivity contribution in [2.75, 3.05) is 11.4 Å². The Morgan fingerprint density at radius 1 is 1.17 bits per heavy atom. The summed E-state index contributed by atoms with van der Waals surface area (Å²) in [4.78, 5) is 10.7.